The van der Waals surface area contributed by atoms with Crippen molar-refractivity contribution in [3.8, 4) is 0 Å². The van der Waals surface area contributed by atoms with Crippen molar-refractivity contribution in [1.82, 2.24) is 5.32 Å². The van der Waals surface area contributed by atoms with Crippen LogP contribution >= 0.6 is 11.8 Å². The second kappa shape index (κ2) is 2.42. The molecule has 0 aromatic heterocycles. The van der Waals surface area contributed by atoms with Gasteiger partial charge in [0.05, 0.1) is 4.87 Å². The molecule has 1 aliphatic heterocycles. The number of rotatable bonds is 0. The molecule has 2 heteroatoms. The van der Waals surface area contributed by atoms with Gasteiger partial charge in [-0.25, -0.2) is 0 Å². The van der Waals surface area contributed by atoms with Gasteiger partial charge in [-0.2, -0.15) is 0 Å². The average Bonchev–Trinajstić information content (AvgIpc) is 2.04. The zero-order chi connectivity index (χ0) is 7.03. The van der Waals surface area contributed by atoms with Crippen LogP contribution in [0.4, 0.5) is 0 Å². The predicted molar refractivity (Wildman–Crippen MR) is 46.2 cm³/mol. The summed E-state index contributed by atoms with van der Waals surface area (Å²) in [7, 11) is 0. The van der Waals surface area contributed by atoms with E-state index in [1.165, 1.54) is 31.6 Å². The summed E-state index contributed by atoms with van der Waals surface area (Å²) >= 11 is 2.15. The molecular formula is C8H15NS. The summed E-state index contributed by atoms with van der Waals surface area (Å²) < 4.78 is 0. The lowest BCUT2D eigenvalue weighted by Gasteiger charge is -2.50. The molecule has 0 bridgehead atoms. The second-order valence-electron chi connectivity index (χ2n) is 3.46. The zero-order valence-corrected chi connectivity index (χ0v) is 7.34. The molecule has 1 nitrogen and oxygen atoms in total. The van der Waals surface area contributed by atoms with Gasteiger partial charge in [-0.15, -0.1) is 11.8 Å². The van der Waals surface area contributed by atoms with Crippen LogP contribution < -0.4 is 5.32 Å². The maximum Gasteiger partial charge on any atom is 0.0671 e. The Labute approximate surface area is 67.0 Å². The Hall–Kier alpha value is 0.310. The minimum absolute atomic E-state index is 0.526. The van der Waals surface area contributed by atoms with Crippen LogP contribution in [0.25, 0.3) is 0 Å². The first-order valence-corrected chi connectivity index (χ1v) is 5.21. The van der Waals surface area contributed by atoms with Crippen molar-refractivity contribution in [3.63, 3.8) is 0 Å². The van der Waals surface area contributed by atoms with Crippen molar-refractivity contribution in [2.24, 2.45) is 5.92 Å². The second-order valence-corrected chi connectivity index (χ2v) is 4.88. The smallest absolute Gasteiger partial charge is 0.0671 e. The molecule has 58 valence electrons. The third-order valence-electron chi connectivity index (χ3n) is 2.85. The first kappa shape index (κ1) is 6.99. The Kier molecular flexibility index (Phi) is 1.69. The largest absolute Gasteiger partial charge is 0.303 e. The molecule has 2 fully saturated rings. The number of thioether (sulfide) groups is 1. The van der Waals surface area contributed by atoms with Gasteiger partial charge >= 0.3 is 0 Å². The minimum Gasteiger partial charge on any atom is -0.303 e. The Morgan fingerprint density at radius 1 is 1.60 bits per heavy atom. The van der Waals surface area contributed by atoms with Crippen molar-refractivity contribution in [1.29, 1.82) is 0 Å². The van der Waals surface area contributed by atoms with Crippen LogP contribution in [0.3, 0.4) is 0 Å². The zero-order valence-electron chi connectivity index (χ0n) is 6.52. The fourth-order valence-electron chi connectivity index (χ4n) is 1.85. The topological polar surface area (TPSA) is 12.0 Å². The fourth-order valence-corrected chi connectivity index (χ4v) is 3.37. The quantitative estimate of drug-likeness (QED) is 0.576. The maximum absolute atomic E-state index is 3.64. The molecule has 1 saturated heterocycles. The van der Waals surface area contributed by atoms with E-state index in [-0.39, 0.29) is 0 Å². The third kappa shape index (κ3) is 0.892. The van der Waals surface area contributed by atoms with Crippen LogP contribution in [0.2, 0.25) is 0 Å². The van der Waals surface area contributed by atoms with Gasteiger partial charge < -0.3 is 5.32 Å². The first-order valence-electron chi connectivity index (χ1n) is 4.22. The van der Waals surface area contributed by atoms with Crippen molar-refractivity contribution >= 4 is 11.8 Å². The lowest BCUT2D eigenvalue weighted by atomic mass is 9.80. The van der Waals surface area contributed by atoms with E-state index in [2.05, 4.69) is 24.0 Å². The highest BCUT2D eigenvalue weighted by molar-refractivity contribution is 8.00. The molecule has 2 rings (SSSR count). The van der Waals surface area contributed by atoms with Crippen LogP contribution in [-0.4, -0.2) is 17.2 Å². The summed E-state index contributed by atoms with van der Waals surface area (Å²) in [4.78, 5) is 0.526. The van der Waals surface area contributed by atoms with E-state index in [0.29, 0.717) is 4.87 Å². The Morgan fingerprint density at radius 3 is 2.80 bits per heavy atom. The molecule has 0 aromatic carbocycles. The standard InChI is InChI=1S/C8H15NS/c1-7-3-4-8(7)9-5-2-6-10-8/h7,9H,2-6H2,1H3. The molecule has 0 radical (unpaired) electrons. The predicted octanol–water partition coefficient (Wildman–Crippen LogP) is 1.84. The number of nitrogens with one attached hydrogen (secondary N) is 1. The van der Waals surface area contributed by atoms with E-state index in [0.717, 1.165) is 5.92 Å². The maximum atomic E-state index is 3.64. The van der Waals surface area contributed by atoms with Gasteiger partial charge in [-0.3, -0.25) is 0 Å². The van der Waals surface area contributed by atoms with Gasteiger partial charge in [0, 0.05) is 0 Å². The minimum atomic E-state index is 0.526. The molecule has 1 N–H and O–H groups in total. The molecule has 1 aliphatic carbocycles. The van der Waals surface area contributed by atoms with Crippen molar-refractivity contribution < 1.29 is 0 Å². The van der Waals surface area contributed by atoms with Crippen LogP contribution in [0.5, 0.6) is 0 Å². The van der Waals surface area contributed by atoms with Gasteiger partial charge in [0.25, 0.3) is 0 Å². The molecule has 2 atom stereocenters. The van der Waals surface area contributed by atoms with Crippen LogP contribution in [0, 0.1) is 5.92 Å². The summed E-state index contributed by atoms with van der Waals surface area (Å²) in [6.45, 7) is 3.62. The van der Waals surface area contributed by atoms with Crippen LogP contribution in [0.15, 0.2) is 0 Å². The number of hydrogen-bond acceptors (Lipinski definition) is 2. The average molecular weight is 157 g/mol. The van der Waals surface area contributed by atoms with E-state index in [4.69, 9.17) is 0 Å². The molecule has 1 heterocycles. The molecule has 2 aliphatic rings. The first-order chi connectivity index (χ1) is 4.83. The van der Waals surface area contributed by atoms with E-state index < -0.39 is 0 Å². The Morgan fingerprint density at radius 2 is 2.50 bits per heavy atom. The highest BCUT2D eigenvalue weighted by Crippen LogP contribution is 2.48. The SMILES string of the molecule is CC1CCC12NCCCS2. The van der Waals surface area contributed by atoms with E-state index in [9.17, 15) is 0 Å². The van der Waals surface area contributed by atoms with E-state index in [1.54, 1.807) is 0 Å². The summed E-state index contributed by atoms with van der Waals surface area (Å²) in [5.41, 5.74) is 0. The fraction of sp³-hybridized carbons (Fsp3) is 1.00. The molecule has 0 amide bonds. The summed E-state index contributed by atoms with van der Waals surface area (Å²) in [6.07, 6.45) is 4.19. The van der Waals surface area contributed by atoms with Gasteiger partial charge in [0.15, 0.2) is 0 Å². The summed E-state index contributed by atoms with van der Waals surface area (Å²) in [6, 6.07) is 0. The molecule has 0 aromatic rings. The summed E-state index contributed by atoms with van der Waals surface area (Å²) in [5.74, 6) is 2.29. The monoisotopic (exact) mass is 157 g/mol. The molecule has 1 saturated carbocycles. The molecule has 1 spiro atoms. The normalized spacial score (nSPS) is 47.1. The van der Waals surface area contributed by atoms with E-state index in [1.807, 2.05) is 0 Å². The van der Waals surface area contributed by atoms with Crippen LogP contribution in [-0.2, 0) is 0 Å². The lowest BCUT2D eigenvalue weighted by molar-refractivity contribution is 0.189. The summed E-state index contributed by atoms with van der Waals surface area (Å²) in [5, 5.41) is 3.64. The molecular weight excluding hydrogens is 142 g/mol. The van der Waals surface area contributed by atoms with Gasteiger partial charge in [-0.1, -0.05) is 6.92 Å². The van der Waals surface area contributed by atoms with Gasteiger partial charge in [0.2, 0.25) is 0 Å². The lowest BCUT2D eigenvalue weighted by Crippen LogP contribution is -2.56. The van der Waals surface area contributed by atoms with E-state index >= 15 is 0 Å². The molecule has 2 unspecified atom stereocenters. The van der Waals surface area contributed by atoms with Gasteiger partial charge in [-0.05, 0) is 37.5 Å². The highest BCUT2D eigenvalue weighted by atomic mass is 32.2. The van der Waals surface area contributed by atoms with Crippen molar-refractivity contribution in [3.05, 3.63) is 0 Å². The van der Waals surface area contributed by atoms with Crippen molar-refractivity contribution in [2.45, 2.75) is 31.1 Å². The van der Waals surface area contributed by atoms with Crippen molar-refractivity contribution in [2.75, 3.05) is 12.3 Å². The third-order valence-corrected chi connectivity index (χ3v) is 4.61. The molecule has 10 heavy (non-hydrogen) atoms. The number of hydrogen-bond donors (Lipinski definition) is 1. The highest BCUT2D eigenvalue weighted by Gasteiger charge is 2.44. The Bertz CT molecular complexity index is 129. The van der Waals surface area contributed by atoms with Gasteiger partial charge in [0.1, 0.15) is 0 Å². The van der Waals surface area contributed by atoms with Crippen LogP contribution in [0.1, 0.15) is 26.2 Å². The Balaban J connectivity index is 1.99.